The Bertz CT molecular complexity index is 692. The number of nitrogens with zero attached hydrogens (tertiary/aromatic N) is 1. The van der Waals surface area contributed by atoms with E-state index in [1.165, 1.54) is 12.1 Å². The second-order valence-electron chi connectivity index (χ2n) is 4.18. The lowest BCUT2D eigenvalue weighted by molar-refractivity contribution is -0.153. The lowest BCUT2D eigenvalue weighted by Gasteiger charge is -2.14. The van der Waals surface area contributed by atoms with Crippen LogP contribution in [0.2, 0.25) is 5.02 Å². The Labute approximate surface area is 124 Å². The van der Waals surface area contributed by atoms with Crippen LogP contribution < -0.4 is 4.74 Å². The van der Waals surface area contributed by atoms with E-state index in [1.54, 1.807) is 30.3 Å². The van der Waals surface area contributed by atoms with Crippen LogP contribution in [-0.4, -0.2) is 12.8 Å². The number of nitriles is 1. The van der Waals surface area contributed by atoms with Crippen molar-refractivity contribution in [2.75, 3.05) is 6.61 Å². The molecule has 0 fully saturated rings. The minimum Gasteiger partial charge on any atom is -0.483 e. The molecule has 0 aromatic heterocycles. The van der Waals surface area contributed by atoms with Gasteiger partial charge in [-0.05, 0) is 12.1 Å². The van der Waals surface area contributed by atoms with Crippen molar-refractivity contribution < 1.29 is 17.9 Å². The van der Waals surface area contributed by atoms with Crippen LogP contribution in [0.1, 0.15) is 5.56 Å². The number of halogens is 4. The molecular weight excluding hydrogens is 303 g/mol. The van der Waals surface area contributed by atoms with E-state index in [2.05, 4.69) is 0 Å². The molecule has 21 heavy (non-hydrogen) atoms. The highest BCUT2D eigenvalue weighted by Crippen LogP contribution is 2.36. The molecule has 2 aromatic rings. The molecule has 0 aliphatic carbocycles. The van der Waals surface area contributed by atoms with Gasteiger partial charge in [-0.2, -0.15) is 18.4 Å². The van der Waals surface area contributed by atoms with Crippen LogP contribution in [0.4, 0.5) is 13.2 Å². The van der Waals surface area contributed by atoms with Crippen molar-refractivity contribution in [3.63, 3.8) is 0 Å². The van der Waals surface area contributed by atoms with Crippen molar-refractivity contribution in [2.45, 2.75) is 6.18 Å². The summed E-state index contributed by atoms with van der Waals surface area (Å²) in [5.74, 6) is 0.0619. The maximum Gasteiger partial charge on any atom is 0.422 e. The van der Waals surface area contributed by atoms with Gasteiger partial charge >= 0.3 is 6.18 Å². The molecule has 0 spiro atoms. The van der Waals surface area contributed by atoms with Crippen LogP contribution in [0.25, 0.3) is 11.1 Å². The molecule has 0 amide bonds. The molecule has 0 aliphatic rings. The van der Waals surface area contributed by atoms with E-state index in [0.717, 1.165) is 0 Å². The van der Waals surface area contributed by atoms with Gasteiger partial charge in [-0.1, -0.05) is 41.9 Å². The number of hydrogen-bond acceptors (Lipinski definition) is 2. The summed E-state index contributed by atoms with van der Waals surface area (Å²) < 4.78 is 41.7. The molecule has 6 heteroatoms. The van der Waals surface area contributed by atoms with E-state index in [0.29, 0.717) is 11.1 Å². The van der Waals surface area contributed by atoms with Crippen molar-refractivity contribution in [3.8, 4) is 22.9 Å². The third kappa shape index (κ3) is 3.67. The minimum atomic E-state index is -4.43. The van der Waals surface area contributed by atoms with Gasteiger partial charge in [0.1, 0.15) is 11.8 Å². The van der Waals surface area contributed by atoms with Crippen molar-refractivity contribution in [2.24, 2.45) is 0 Å². The predicted molar refractivity (Wildman–Crippen MR) is 73.2 cm³/mol. The molecular formula is C15H9ClF3NO. The zero-order valence-corrected chi connectivity index (χ0v) is 11.4. The highest BCUT2D eigenvalue weighted by atomic mass is 35.5. The van der Waals surface area contributed by atoms with Crippen molar-refractivity contribution in [1.29, 1.82) is 5.26 Å². The summed E-state index contributed by atoms with van der Waals surface area (Å²) >= 11 is 6.11. The Morgan fingerprint density at radius 3 is 2.38 bits per heavy atom. The summed E-state index contributed by atoms with van der Waals surface area (Å²) in [5.41, 5.74) is 1.11. The van der Waals surface area contributed by atoms with E-state index in [9.17, 15) is 13.2 Å². The Morgan fingerprint density at radius 2 is 1.71 bits per heavy atom. The van der Waals surface area contributed by atoms with Gasteiger partial charge in [-0.3, -0.25) is 0 Å². The molecule has 0 atom stereocenters. The predicted octanol–water partition coefficient (Wildman–Crippen LogP) is 4.82. The standard InChI is InChI=1S/C15H9ClF3NO/c16-14-10(8-20)4-3-6-12(14)11-5-1-2-7-13(11)21-9-15(17,18)19/h1-7H,9H2. The molecule has 2 aromatic carbocycles. The number of rotatable bonds is 3. The molecule has 0 radical (unpaired) electrons. The smallest absolute Gasteiger partial charge is 0.422 e. The van der Waals surface area contributed by atoms with Crippen LogP contribution in [-0.2, 0) is 0 Å². The highest BCUT2D eigenvalue weighted by molar-refractivity contribution is 6.34. The molecule has 0 saturated carbocycles. The van der Waals surface area contributed by atoms with Gasteiger partial charge in [-0.25, -0.2) is 0 Å². The van der Waals surface area contributed by atoms with Crippen LogP contribution in [0.3, 0.4) is 0 Å². The average molecular weight is 312 g/mol. The van der Waals surface area contributed by atoms with E-state index >= 15 is 0 Å². The highest BCUT2D eigenvalue weighted by Gasteiger charge is 2.29. The fraction of sp³-hybridized carbons (Fsp3) is 0.133. The summed E-state index contributed by atoms with van der Waals surface area (Å²) in [6.07, 6.45) is -4.43. The molecule has 108 valence electrons. The first-order chi connectivity index (χ1) is 9.92. The van der Waals surface area contributed by atoms with Gasteiger partial charge in [0.2, 0.25) is 0 Å². The van der Waals surface area contributed by atoms with Gasteiger partial charge in [0.25, 0.3) is 0 Å². The summed E-state index contributed by atoms with van der Waals surface area (Å²) in [6.45, 7) is -1.39. The maximum atomic E-state index is 12.3. The van der Waals surface area contributed by atoms with E-state index < -0.39 is 12.8 Å². The Morgan fingerprint density at radius 1 is 1.05 bits per heavy atom. The molecule has 0 aliphatic heterocycles. The number of para-hydroxylation sites is 1. The van der Waals surface area contributed by atoms with Crippen molar-refractivity contribution in [3.05, 3.63) is 53.1 Å². The lowest BCUT2D eigenvalue weighted by Crippen LogP contribution is -2.19. The van der Waals surface area contributed by atoms with E-state index in [-0.39, 0.29) is 16.3 Å². The first-order valence-electron chi connectivity index (χ1n) is 5.90. The second-order valence-corrected chi connectivity index (χ2v) is 4.56. The van der Waals surface area contributed by atoms with Gasteiger partial charge in [0.15, 0.2) is 6.61 Å². The van der Waals surface area contributed by atoms with E-state index in [1.807, 2.05) is 6.07 Å². The number of hydrogen-bond donors (Lipinski definition) is 0. The topological polar surface area (TPSA) is 33.0 Å². The largest absolute Gasteiger partial charge is 0.483 e. The quantitative estimate of drug-likeness (QED) is 0.814. The summed E-state index contributed by atoms with van der Waals surface area (Å²) in [4.78, 5) is 0. The normalized spacial score (nSPS) is 11.0. The molecule has 2 nitrogen and oxygen atoms in total. The summed E-state index contributed by atoms with van der Waals surface area (Å²) in [6, 6.07) is 12.9. The SMILES string of the molecule is N#Cc1cccc(-c2ccccc2OCC(F)(F)F)c1Cl. The molecule has 0 unspecified atom stereocenters. The first-order valence-corrected chi connectivity index (χ1v) is 6.28. The van der Waals surface area contributed by atoms with Gasteiger partial charge in [0.05, 0.1) is 10.6 Å². The average Bonchev–Trinajstić information content (AvgIpc) is 2.45. The minimum absolute atomic E-state index is 0.0619. The van der Waals surface area contributed by atoms with Crippen LogP contribution in [0, 0.1) is 11.3 Å². The van der Waals surface area contributed by atoms with Crippen molar-refractivity contribution in [1.82, 2.24) is 0 Å². The Balaban J connectivity index is 2.44. The third-order valence-electron chi connectivity index (χ3n) is 2.69. The van der Waals surface area contributed by atoms with Crippen molar-refractivity contribution >= 4 is 11.6 Å². The Kier molecular flexibility index (Phi) is 4.39. The molecule has 2 rings (SSSR count). The summed E-state index contributed by atoms with van der Waals surface area (Å²) in [7, 11) is 0. The van der Waals surface area contributed by atoms with Gasteiger partial charge < -0.3 is 4.74 Å². The Hall–Kier alpha value is -2.19. The molecule has 0 bridgehead atoms. The van der Waals surface area contributed by atoms with Crippen LogP contribution >= 0.6 is 11.6 Å². The van der Waals surface area contributed by atoms with Gasteiger partial charge in [0, 0.05) is 11.1 Å². The third-order valence-corrected chi connectivity index (χ3v) is 3.09. The zero-order chi connectivity index (χ0) is 15.5. The van der Waals surface area contributed by atoms with E-state index in [4.69, 9.17) is 21.6 Å². The lowest BCUT2D eigenvalue weighted by atomic mass is 10.0. The first kappa shape index (κ1) is 15.2. The molecule has 0 heterocycles. The summed E-state index contributed by atoms with van der Waals surface area (Å²) in [5, 5.41) is 9.14. The fourth-order valence-electron chi connectivity index (χ4n) is 1.80. The van der Waals surface area contributed by atoms with Crippen LogP contribution in [0.5, 0.6) is 5.75 Å². The number of ether oxygens (including phenoxy) is 1. The zero-order valence-electron chi connectivity index (χ0n) is 10.6. The second kappa shape index (κ2) is 6.06. The van der Waals surface area contributed by atoms with Crippen LogP contribution in [0.15, 0.2) is 42.5 Å². The fourth-order valence-corrected chi connectivity index (χ4v) is 2.07. The monoisotopic (exact) mass is 311 g/mol. The number of benzene rings is 2. The van der Waals surface area contributed by atoms with Gasteiger partial charge in [-0.15, -0.1) is 0 Å². The molecule has 0 N–H and O–H groups in total. The maximum absolute atomic E-state index is 12.3. The number of alkyl halides is 3. The molecule has 0 saturated heterocycles.